The van der Waals surface area contributed by atoms with Crippen LogP contribution >= 0.6 is 0 Å². The zero-order chi connectivity index (χ0) is 21.3. The van der Waals surface area contributed by atoms with Crippen molar-refractivity contribution >= 4 is 17.7 Å². The number of aromatic nitrogens is 4. The molecule has 0 saturated heterocycles. The van der Waals surface area contributed by atoms with Gasteiger partial charge in [-0.3, -0.25) is 4.79 Å². The molecule has 3 aromatic rings. The molecule has 3 heterocycles. The molecule has 30 heavy (non-hydrogen) atoms. The van der Waals surface area contributed by atoms with Crippen LogP contribution in [0.5, 0.6) is 11.5 Å². The van der Waals surface area contributed by atoms with Crippen molar-refractivity contribution in [2.45, 2.75) is 6.04 Å². The number of nitrogens with zero attached hydrogens (tertiary/aromatic N) is 4. The quantitative estimate of drug-likeness (QED) is 0.471. The second-order valence-electron chi connectivity index (χ2n) is 6.18. The Morgan fingerprint density at radius 2 is 1.93 bits per heavy atom. The van der Waals surface area contributed by atoms with E-state index in [1.807, 2.05) is 0 Å². The largest absolute Gasteiger partial charge is 0.493 e. The molecule has 1 N–H and O–H groups in total. The van der Waals surface area contributed by atoms with Gasteiger partial charge in [0.25, 0.3) is 0 Å². The van der Waals surface area contributed by atoms with Gasteiger partial charge in [-0.2, -0.15) is 4.68 Å². The summed E-state index contributed by atoms with van der Waals surface area (Å²) in [5, 5.41) is 14.3. The number of rotatable bonds is 6. The van der Waals surface area contributed by atoms with Gasteiger partial charge in [-0.1, -0.05) is 11.2 Å². The zero-order valence-corrected chi connectivity index (χ0v) is 16.3. The van der Waals surface area contributed by atoms with Crippen molar-refractivity contribution in [3.63, 3.8) is 0 Å². The van der Waals surface area contributed by atoms with Crippen LogP contribution in [0.2, 0.25) is 0 Å². The summed E-state index contributed by atoms with van der Waals surface area (Å²) in [5.41, 5.74) is 0.559. The number of carbonyl (C=O) groups excluding carboxylic acids is 2. The molecular formula is C19H17N5O6. The van der Waals surface area contributed by atoms with Crippen molar-refractivity contribution in [3.8, 4) is 11.5 Å². The second-order valence-corrected chi connectivity index (χ2v) is 6.18. The monoisotopic (exact) mass is 411 g/mol. The minimum absolute atomic E-state index is 0.0511. The van der Waals surface area contributed by atoms with Gasteiger partial charge in [0, 0.05) is 0 Å². The fourth-order valence-electron chi connectivity index (χ4n) is 3.26. The van der Waals surface area contributed by atoms with Crippen LogP contribution in [0, 0.1) is 0 Å². The van der Waals surface area contributed by atoms with E-state index in [-0.39, 0.29) is 23.0 Å². The fraction of sp³-hybridized carbons (Fsp3) is 0.211. The first-order valence-electron chi connectivity index (χ1n) is 8.76. The Bertz CT molecular complexity index is 1130. The molecule has 154 valence electrons. The van der Waals surface area contributed by atoms with E-state index in [2.05, 4.69) is 20.8 Å². The number of anilines is 1. The number of esters is 1. The third kappa shape index (κ3) is 3.05. The first-order valence-corrected chi connectivity index (χ1v) is 8.76. The number of allylic oxidation sites excluding steroid dienone is 1. The minimum Gasteiger partial charge on any atom is -0.493 e. The number of hydrogen-bond acceptors (Lipinski definition) is 10. The predicted octanol–water partition coefficient (Wildman–Crippen LogP) is 1.61. The van der Waals surface area contributed by atoms with Crippen molar-refractivity contribution in [1.82, 2.24) is 20.2 Å². The van der Waals surface area contributed by atoms with Crippen LogP contribution in [-0.4, -0.2) is 53.3 Å². The SMILES string of the molecule is COC(=O)C1=C(C(=O)c2ccco2)[C@@H](c2ccc(OC)c(OC)c2)n2nnnc2N1. The number of nitrogens with one attached hydrogen (secondary N) is 1. The van der Waals surface area contributed by atoms with Gasteiger partial charge >= 0.3 is 5.97 Å². The molecule has 0 bridgehead atoms. The molecule has 0 saturated carbocycles. The molecule has 0 amide bonds. The number of carbonyl (C=O) groups is 2. The summed E-state index contributed by atoms with van der Waals surface area (Å²) >= 11 is 0. The van der Waals surface area contributed by atoms with Crippen molar-refractivity contribution < 1.29 is 28.2 Å². The van der Waals surface area contributed by atoms with Crippen LogP contribution in [0.25, 0.3) is 0 Å². The molecule has 11 heteroatoms. The summed E-state index contributed by atoms with van der Waals surface area (Å²) < 4.78 is 22.2. The van der Waals surface area contributed by atoms with E-state index >= 15 is 0 Å². The summed E-state index contributed by atoms with van der Waals surface area (Å²) in [4.78, 5) is 25.9. The highest BCUT2D eigenvalue weighted by Crippen LogP contribution is 2.39. The number of ketones is 1. The first kappa shape index (κ1) is 19.2. The van der Waals surface area contributed by atoms with Crippen LogP contribution in [0.1, 0.15) is 22.2 Å². The lowest BCUT2D eigenvalue weighted by Crippen LogP contribution is -2.32. The first-order chi connectivity index (χ1) is 14.6. The summed E-state index contributed by atoms with van der Waals surface area (Å²) in [6.07, 6.45) is 1.37. The van der Waals surface area contributed by atoms with Gasteiger partial charge in [-0.25, -0.2) is 4.79 Å². The standard InChI is InChI=1S/C19H17N5O6/c1-27-11-7-6-10(9-13(11)28-2)16-14(17(25)12-5-4-8-30-12)15(18(26)29-3)20-19-21-22-23-24(16)19/h4-9,16H,1-3H3,(H,20,21,23)/t16-/m1/s1. The van der Waals surface area contributed by atoms with E-state index < -0.39 is 17.8 Å². The lowest BCUT2D eigenvalue weighted by molar-refractivity contribution is -0.136. The summed E-state index contributed by atoms with van der Waals surface area (Å²) in [5.74, 6) is -0.101. The molecule has 0 aliphatic carbocycles. The van der Waals surface area contributed by atoms with Gasteiger partial charge in [-0.15, -0.1) is 0 Å². The van der Waals surface area contributed by atoms with Gasteiger partial charge in [0.1, 0.15) is 11.7 Å². The van der Waals surface area contributed by atoms with Crippen LogP contribution in [0.3, 0.4) is 0 Å². The molecule has 4 rings (SSSR count). The van der Waals surface area contributed by atoms with Crippen LogP contribution in [0.4, 0.5) is 5.95 Å². The lowest BCUT2D eigenvalue weighted by atomic mass is 9.91. The Morgan fingerprint density at radius 1 is 1.13 bits per heavy atom. The fourth-order valence-corrected chi connectivity index (χ4v) is 3.26. The molecule has 1 aliphatic rings. The van der Waals surface area contributed by atoms with Crippen LogP contribution < -0.4 is 14.8 Å². The Balaban J connectivity index is 1.96. The number of hydrogen-bond donors (Lipinski definition) is 1. The number of Topliss-reactive ketones (excluding diaryl/α,β-unsaturated/α-hetero) is 1. The Kier molecular flexibility index (Phi) is 4.92. The van der Waals surface area contributed by atoms with E-state index in [0.29, 0.717) is 17.1 Å². The van der Waals surface area contributed by atoms with Crippen molar-refractivity contribution in [2.24, 2.45) is 0 Å². The second kappa shape index (κ2) is 7.70. The molecule has 1 atom stereocenters. The predicted molar refractivity (Wildman–Crippen MR) is 101 cm³/mol. The van der Waals surface area contributed by atoms with E-state index in [1.54, 1.807) is 24.3 Å². The van der Waals surface area contributed by atoms with Gasteiger partial charge in [0.2, 0.25) is 11.7 Å². The van der Waals surface area contributed by atoms with Crippen molar-refractivity contribution in [1.29, 1.82) is 0 Å². The zero-order valence-electron chi connectivity index (χ0n) is 16.3. The number of tetrazole rings is 1. The highest BCUT2D eigenvalue weighted by molar-refractivity contribution is 6.13. The van der Waals surface area contributed by atoms with Gasteiger partial charge in [0.05, 0.1) is 33.2 Å². The Labute approximate surface area is 170 Å². The lowest BCUT2D eigenvalue weighted by Gasteiger charge is -2.28. The van der Waals surface area contributed by atoms with E-state index in [9.17, 15) is 9.59 Å². The molecule has 0 unspecified atom stereocenters. The molecule has 0 radical (unpaired) electrons. The number of benzene rings is 1. The summed E-state index contributed by atoms with van der Waals surface area (Å²) in [7, 11) is 4.23. The van der Waals surface area contributed by atoms with Crippen LogP contribution in [0.15, 0.2) is 52.3 Å². The third-order valence-corrected chi connectivity index (χ3v) is 4.62. The number of fused-ring (bicyclic) bond motifs is 1. The smallest absolute Gasteiger partial charge is 0.355 e. The molecule has 1 aromatic carbocycles. The molecule has 1 aliphatic heterocycles. The number of methoxy groups -OCH3 is 3. The molecule has 0 fully saturated rings. The minimum atomic E-state index is -0.859. The average Bonchev–Trinajstić information content (AvgIpc) is 3.48. The van der Waals surface area contributed by atoms with Crippen LogP contribution in [-0.2, 0) is 9.53 Å². The number of ether oxygens (including phenoxy) is 3. The third-order valence-electron chi connectivity index (χ3n) is 4.62. The maximum atomic E-state index is 13.3. The van der Waals surface area contributed by atoms with E-state index in [0.717, 1.165) is 0 Å². The average molecular weight is 411 g/mol. The Morgan fingerprint density at radius 3 is 2.60 bits per heavy atom. The maximum Gasteiger partial charge on any atom is 0.355 e. The van der Waals surface area contributed by atoms with E-state index in [4.69, 9.17) is 18.6 Å². The van der Waals surface area contributed by atoms with Crippen molar-refractivity contribution in [2.75, 3.05) is 26.6 Å². The highest BCUT2D eigenvalue weighted by Gasteiger charge is 2.39. The number of furan rings is 1. The topological polar surface area (TPSA) is 131 Å². The van der Waals surface area contributed by atoms with Gasteiger partial charge in [-0.05, 0) is 40.3 Å². The highest BCUT2D eigenvalue weighted by atomic mass is 16.5. The van der Waals surface area contributed by atoms with Gasteiger partial charge < -0.3 is 23.9 Å². The van der Waals surface area contributed by atoms with E-state index in [1.165, 1.54) is 38.3 Å². The molecular weight excluding hydrogens is 394 g/mol. The Hall–Kier alpha value is -4.15. The van der Waals surface area contributed by atoms with Crippen molar-refractivity contribution in [3.05, 3.63) is 59.2 Å². The molecule has 0 spiro atoms. The molecule has 2 aromatic heterocycles. The summed E-state index contributed by atoms with van der Waals surface area (Å²) in [6, 6.07) is 7.33. The molecule has 11 nitrogen and oxygen atoms in total. The maximum absolute atomic E-state index is 13.3. The summed E-state index contributed by atoms with van der Waals surface area (Å²) in [6.45, 7) is 0. The normalized spacial score (nSPS) is 15.2. The van der Waals surface area contributed by atoms with Gasteiger partial charge in [0.15, 0.2) is 17.3 Å².